The van der Waals surface area contributed by atoms with E-state index in [-0.39, 0.29) is 6.04 Å². The second-order valence-corrected chi connectivity index (χ2v) is 9.79. The Morgan fingerprint density at radius 3 is 2.80 bits per heavy atom. The molecule has 1 aliphatic carbocycles. The Kier molecular flexibility index (Phi) is 5.74. The summed E-state index contributed by atoms with van der Waals surface area (Å²) in [7, 11) is 0. The molecular weight excluding hydrogens is 434 g/mol. The first kappa shape index (κ1) is 21.9. The van der Waals surface area contributed by atoms with Crippen LogP contribution in [0.3, 0.4) is 0 Å². The quantitative estimate of drug-likeness (QED) is 0.274. The summed E-state index contributed by atoms with van der Waals surface area (Å²) in [6.45, 7) is 2.47. The Balaban J connectivity index is 1.25. The van der Waals surface area contributed by atoms with Crippen LogP contribution in [-0.4, -0.2) is 32.8 Å². The minimum absolute atomic E-state index is 0.114. The molecule has 1 atom stereocenters. The number of fused-ring (bicyclic) bond motifs is 2. The van der Waals surface area contributed by atoms with Gasteiger partial charge in [0, 0.05) is 40.0 Å². The van der Waals surface area contributed by atoms with Gasteiger partial charge in [0.05, 0.1) is 23.1 Å². The molecule has 3 heterocycles. The van der Waals surface area contributed by atoms with Crippen molar-refractivity contribution >= 4 is 21.8 Å². The summed E-state index contributed by atoms with van der Waals surface area (Å²) in [5.41, 5.74) is 14.4. The number of aromatic amines is 2. The fourth-order valence-corrected chi connectivity index (χ4v) is 5.45. The zero-order chi connectivity index (χ0) is 23.8. The summed E-state index contributed by atoms with van der Waals surface area (Å²) in [6, 6.07) is 16.8. The van der Waals surface area contributed by atoms with Gasteiger partial charge >= 0.3 is 0 Å². The Labute approximate surface area is 204 Å². The standard InChI is InChI=1S/C29H31N5O/c1-18-25-13-20(10-11-28(25)34-33-18)26-14-23(16-32-29(26)19-6-2-3-7-19)35-17-22(30)12-21-15-31-27-9-5-4-8-24(21)27/h4-5,8-11,13-16,19,22,31H,2-3,6-7,12,17,30H2,1H3,(H,33,34)/t22-/m0/s1. The van der Waals surface area contributed by atoms with Crippen LogP contribution in [0.5, 0.6) is 5.75 Å². The van der Waals surface area contributed by atoms with E-state index in [2.05, 4.69) is 63.8 Å². The second-order valence-electron chi connectivity index (χ2n) is 9.79. The molecule has 0 spiro atoms. The Bertz CT molecular complexity index is 1480. The largest absolute Gasteiger partial charge is 0.490 e. The molecule has 178 valence electrons. The average Bonchev–Trinajstić information content (AvgIpc) is 3.64. The summed E-state index contributed by atoms with van der Waals surface area (Å²) in [5.74, 6) is 1.27. The Morgan fingerprint density at radius 1 is 1.06 bits per heavy atom. The van der Waals surface area contributed by atoms with Gasteiger partial charge in [0.15, 0.2) is 0 Å². The van der Waals surface area contributed by atoms with Crippen molar-refractivity contribution in [3.05, 3.63) is 77.9 Å². The van der Waals surface area contributed by atoms with Crippen LogP contribution in [0.4, 0.5) is 0 Å². The maximum Gasteiger partial charge on any atom is 0.138 e. The number of rotatable bonds is 7. The molecule has 0 radical (unpaired) electrons. The molecule has 4 N–H and O–H groups in total. The number of ether oxygens (including phenoxy) is 1. The van der Waals surface area contributed by atoms with E-state index in [4.69, 9.17) is 15.5 Å². The molecule has 6 nitrogen and oxygen atoms in total. The van der Waals surface area contributed by atoms with Crippen molar-refractivity contribution in [2.75, 3.05) is 6.61 Å². The molecule has 6 heteroatoms. The lowest BCUT2D eigenvalue weighted by Gasteiger charge is -2.18. The lowest BCUT2D eigenvalue weighted by molar-refractivity contribution is 0.286. The van der Waals surface area contributed by atoms with Crippen LogP contribution in [0.15, 0.2) is 60.9 Å². The molecule has 2 aromatic carbocycles. The fraction of sp³-hybridized carbons (Fsp3) is 0.310. The van der Waals surface area contributed by atoms with Crippen LogP contribution in [0.1, 0.15) is 48.6 Å². The number of aromatic nitrogens is 4. The van der Waals surface area contributed by atoms with Crippen molar-refractivity contribution in [3.8, 4) is 16.9 Å². The molecular formula is C29H31N5O. The van der Waals surface area contributed by atoms with E-state index in [1.165, 1.54) is 42.3 Å². The zero-order valence-electron chi connectivity index (χ0n) is 20.1. The average molecular weight is 466 g/mol. The van der Waals surface area contributed by atoms with E-state index >= 15 is 0 Å². The van der Waals surface area contributed by atoms with Crippen LogP contribution >= 0.6 is 0 Å². The predicted molar refractivity (Wildman–Crippen MR) is 141 cm³/mol. The van der Waals surface area contributed by atoms with Crippen LogP contribution in [0, 0.1) is 6.92 Å². The smallest absolute Gasteiger partial charge is 0.138 e. The molecule has 35 heavy (non-hydrogen) atoms. The van der Waals surface area contributed by atoms with Gasteiger partial charge in [0.2, 0.25) is 0 Å². The van der Waals surface area contributed by atoms with Gasteiger partial charge in [-0.3, -0.25) is 10.1 Å². The predicted octanol–water partition coefficient (Wildman–Crippen LogP) is 6.02. The highest BCUT2D eigenvalue weighted by atomic mass is 16.5. The van der Waals surface area contributed by atoms with Crippen LogP contribution in [0.2, 0.25) is 0 Å². The summed E-state index contributed by atoms with van der Waals surface area (Å²) < 4.78 is 6.19. The molecule has 0 unspecified atom stereocenters. The molecule has 1 fully saturated rings. The molecule has 0 aliphatic heterocycles. The Hall–Kier alpha value is -3.64. The van der Waals surface area contributed by atoms with Gasteiger partial charge in [-0.05, 0) is 61.6 Å². The summed E-state index contributed by atoms with van der Waals surface area (Å²) >= 11 is 0. The van der Waals surface area contributed by atoms with E-state index < -0.39 is 0 Å². The number of hydrogen-bond acceptors (Lipinski definition) is 4. The number of hydrogen-bond donors (Lipinski definition) is 3. The highest BCUT2D eigenvalue weighted by Crippen LogP contribution is 2.40. The molecule has 1 aliphatic rings. The van der Waals surface area contributed by atoms with Crippen molar-refractivity contribution in [1.82, 2.24) is 20.2 Å². The van der Waals surface area contributed by atoms with E-state index in [0.717, 1.165) is 45.4 Å². The van der Waals surface area contributed by atoms with Gasteiger partial charge in [-0.2, -0.15) is 5.10 Å². The molecule has 3 aromatic heterocycles. The van der Waals surface area contributed by atoms with Crippen LogP contribution in [0.25, 0.3) is 32.9 Å². The summed E-state index contributed by atoms with van der Waals surface area (Å²) in [5, 5.41) is 9.83. The van der Waals surface area contributed by atoms with E-state index in [9.17, 15) is 0 Å². The first-order chi connectivity index (χ1) is 17.2. The lowest BCUT2D eigenvalue weighted by atomic mass is 9.93. The highest BCUT2D eigenvalue weighted by Gasteiger charge is 2.23. The van der Waals surface area contributed by atoms with Crippen molar-refractivity contribution in [2.24, 2.45) is 5.73 Å². The number of benzene rings is 2. The zero-order valence-corrected chi connectivity index (χ0v) is 20.1. The number of nitrogens with two attached hydrogens (primary N) is 1. The third-order valence-electron chi connectivity index (χ3n) is 7.32. The van der Waals surface area contributed by atoms with Gasteiger partial charge in [-0.25, -0.2) is 0 Å². The van der Waals surface area contributed by atoms with Gasteiger partial charge < -0.3 is 15.5 Å². The maximum absolute atomic E-state index is 6.48. The van der Waals surface area contributed by atoms with Crippen molar-refractivity contribution in [3.63, 3.8) is 0 Å². The van der Waals surface area contributed by atoms with E-state index in [1.807, 2.05) is 19.2 Å². The highest BCUT2D eigenvalue weighted by molar-refractivity contribution is 5.87. The van der Waals surface area contributed by atoms with Gasteiger partial charge in [0.1, 0.15) is 12.4 Å². The SMILES string of the molecule is Cc1n[nH]c2ccc(-c3cc(OC[C@@H](N)Cc4c[nH]c5ccccc45)cnc3C3CCCC3)cc12. The monoisotopic (exact) mass is 465 g/mol. The van der Waals surface area contributed by atoms with Gasteiger partial charge in [-0.15, -0.1) is 0 Å². The molecule has 5 aromatic rings. The topological polar surface area (TPSA) is 92.6 Å². The van der Waals surface area contributed by atoms with Crippen molar-refractivity contribution in [2.45, 2.75) is 51.0 Å². The van der Waals surface area contributed by atoms with E-state index in [1.54, 1.807) is 0 Å². The maximum atomic E-state index is 6.48. The molecule has 0 saturated heterocycles. The number of para-hydroxylation sites is 1. The number of nitrogens with one attached hydrogen (secondary N) is 2. The minimum atomic E-state index is -0.114. The van der Waals surface area contributed by atoms with Gasteiger partial charge in [-0.1, -0.05) is 37.1 Å². The molecule has 0 amide bonds. The molecule has 1 saturated carbocycles. The number of nitrogens with zero attached hydrogens (tertiary/aromatic N) is 2. The van der Waals surface area contributed by atoms with Crippen LogP contribution in [-0.2, 0) is 6.42 Å². The van der Waals surface area contributed by atoms with E-state index in [0.29, 0.717) is 12.5 Å². The first-order valence-corrected chi connectivity index (χ1v) is 12.5. The van der Waals surface area contributed by atoms with Gasteiger partial charge in [0.25, 0.3) is 0 Å². The summed E-state index contributed by atoms with van der Waals surface area (Å²) in [6.07, 6.45) is 9.61. The Morgan fingerprint density at radius 2 is 1.91 bits per heavy atom. The summed E-state index contributed by atoms with van der Waals surface area (Å²) in [4.78, 5) is 8.25. The molecule has 6 rings (SSSR count). The van der Waals surface area contributed by atoms with Crippen LogP contribution < -0.4 is 10.5 Å². The number of aryl methyl sites for hydroxylation is 1. The first-order valence-electron chi connectivity index (χ1n) is 12.5. The molecule has 0 bridgehead atoms. The number of H-pyrrole nitrogens is 2. The third-order valence-corrected chi connectivity index (χ3v) is 7.32. The third kappa shape index (κ3) is 4.30. The van der Waals surface area contributed by atoms with Crippen molar-refractivity contribution in [1.29, 1.82) is 0 Å². The fourth-order valence-electron chi connectivity index (χ4n) is 5.45. The normalized spacial score (nSPS) is 15.3. The van der Waals surface area contributed by atoms with Crippen molar-refractivity contribution < 1.29 is 4.74 Å². The second kappa shape index (κ2) is 9.19. The minimum Gasteiger partial charge on any atom is -0.490 e. The number of pyridine rings is 1. The lowest BCUT2D eigenvalue weighted by Crippen LogP contribution is -2.30.